The minimum atomic E-state index is -0.142. The maximum Gasteiger partial charge on any atom is 0.230 e. The van der Waals surface area contributed by atoms with Gasteiger partial charge in [-0.3, -0.25) is 9.79 Å². The summed E-state index contributed by atoms with van der Waals surface area (Å²) in [5, 5.41) is 12.0. The number of amides is 1. The van der Waals surface area contributed by atoms with Gasteiger partial charge in [-0.15, -0.1) is 0 Å². The van der Waals surface area contributed by atoms with Crippen LogP contribution in [0.1, 0.15) is 17.5 Å². The van der Waals surface area contributed by atoms with Crippen molar-refractivity contribution < 1.29 is 9.21 Å². The number of aliphatic imine (C=N–C) groups is 1. The highest BCUT2D eigenvalue weighted by molar-refractivity contribution is 6.17. The van der Waals surface area contributed by atoms with Gasteiger partial charge in [0.25, 0.3) is 0 Å². The van der Waals surface area contributed by atoms with Crippen LogP contribution in [0.4, 0.5) is 11.4 Å². The van der Waals surface area contributed by atoms with Crippen molar-refractivity contribution in [2.24, 2.45) is 4.99 Å². The molecule has 1 N–H and O–H groups in total. The molecule has 0 unspecified atom stereocenters. The SMILES string of the molecule is N#Cc1cccc(C2=Nc3ccc(-c4ccco4)cc3NC(=O)C2)c1. The maximum absolute atomic E-state index is 12.3. The normalized spacial score (nSPS) is 13.2. The molecule has 1 aliphatic heterocycles. The Bertz CT molecular complexity index is 1030. The Hall–Kier alpha value is -3.65. The molecule has 1 aromatic heterocycles. The third kappa shape index (κ3) is 2.93. The first kappa shape index (κ1) is 14.9. The second kappa shape index (κ2) is 6.10. The molecular formula is C20H13N3O2. The summed E-state index contributed by atoms with van der Waals surface area (Å²) in [5.41, 5.74) is 4.15. The zero-order chi connectivity index (χ0) is 17.2. The van der Waals surface area contributed by atoms with Crippen molar-refractivity contribution in [3.63, 3.8) is 0 Å². The summed E-state index contributed by atoms with van der Waals surface area (Å²) in [4.78, 5) is 17.0. The van der Waals surface area contributed by atoms with Crippen LogP contribution in [0.5, 0.6) is 0 Å². The van der Waals surface area contributed by atoms with Gasteiger partial charge in [-0.25, -0.2) is 0 Å². The van der Waals surface area contributed by atoms with Crippen molar-refractivity contribution in [2.45, 2.75) is 6.42 Å². The highest BCUT2D eigenvalue weighted by Crippen LogP contribution is 2.33. The smallest absolute Gasteiger partial charge is 0.230 e. The van der Waals surface area contributed by atoms with Gasteiger partial charge in [0.05, 0.1) is 41.4 Å². The summed E-state index contributed by atoms with van der Waals surface area (Å²) in [6.45, 7) is 0. The molecule has 25 heavy (non-hydrogen) atoms. The molecule has 0 bridgehead atoms. The molecule has 2 heterocycles. The van der Waals surface area contributed by atoms with Gasteiger partial charge in [0.2, 0.25) is 5.91 Å². The van der Waals surface area contributed by atoms with Gasteiger partial charge >= 0.3 is 0 Å². The molecule has 1 aliphatic rings. The maximum atomic E-state index is 12.3. The van der Waals surface area contributed by atoms with Crippen LogP contribution in [-0.2, 0) is 4.79 Å². The van der Waals surface area contributed by atoms with Crippen LogP contribution in [0.3, 0.4) is 0 Å². The number of nitriles is 1. The summed E-state index contributed by atoms with van der Waals surface area (Å²) in [6, 6.07) is 18.5. The van der Waals surface area contributed by atoms with E-state index in [9.17, 15) is 4.79 Å². The highest BCUT2D eigenvalue weighted by atomic mass is 16.3. The second-order valence-corrected chi connectivity index (χ2v) is 5.69. The lowest BCUT2D eigenvalue weighted by Gasteiger charge is -2.06. The number of benzene rings is 2. The zero-order valence-electron chi connectivity index (χ0n) is 13.2. The topological polar surface area (TPSA) is 78.4 Å². The van der Waals surface area contributed by atoms with E-state index in [2.05, 4.69) is 16.4 Å². The molecule has 0 fully saturated rings. The van der Waals surface area contributed by atoms with Gasteiger partial charge in [-0.2, -0.15) is 5.26 Å². The molecule has 0 saturated carbocycles. The minimum absolute atomic E-state index is 0.142. The average Bonchev–Trinajstić information content (AvgIpc) is 3.11. The number of hydrogen-bond donors (Lipinski definition) is 1. The second-order valence-electron chi connectivity index (χ2n) is 5.69. The Kier molecular flexibility index (Phi) is 3.64. The number of nitrogens with one attached hydrogen (secondary N) is 1. The molecule has 1 amide bonds. The predicted octanol–water partition coefficient (Wildman–Crippen LogP) is 4.28. The quantitative estimate of drug-likeness (QED) is 0.763. The lowest BCUT2D eigenvalue weighted by atomic mass is 10.0. The first-order valence-corrected chi connectivity index (χ1v) is 7.79. The highest BCUT2D eigenvalue weighted by Gasteiger charge is 2.18. The molecule has 2 aromatic carbocycles. The Labute approximate surface area is 144 Å². The third-order valence-corrected chi connectivity index (χ3v) is 3.98. The summed E-state index contributed by atoms with van der Waals surface area (Å²) < 4.78 is 5.41. The summed E-state index contributed by atoms with van der Waals surface area (Å²) in [7, 11) is 0. The lowest BCUT2D eigenvalue weighted by Crippen LogP contribution is -2.15. The molecule has 120 valence electrons. The van der Waals surface area contributed by atoms with Crippen LogP contribution in [0.15, 0.2) is 70.3 Å². The number of hydrogen-bond acceptors (Lipinski definition) is 4. The monoisotopic (exact) mass is 327 g/mol. The van der Waals surface area contributed by atoms with Crippen LogP contribution >= 0.6 is 0 Å². The van der Waals surface area contributed by atoms with E-state index in [0.717, 1.165) is 16.9 Å². The number of nitrogens with zero attached hydrogens (tertiary/aromatic N) is 2. The van der Waals surface area contributed by atoms with Gasteiger partial charge in [-0.1, -0.05) is 12.1 Å². The molecule has 3 aromatic rings. The standard InChI is InChI=1S/C20H13N3O2/c21-12-13-3-1-4-14(9-13)17-11-20(24)23-18-10-15(6-7-16(18)22-17)19-5-2-8-25-19/h1-10H,11H2,(H,23,24). The first-order valence-electron chi connectivity index (χ1n) is 7.79. The molecule has 0 saturated heterocycles. The van der Waals surface area contributed by atoms with Crippen molar-refractivity contribution in [3.05, 3.63) is 72.0 Å². The van der Waals surface area contributed by atoms with Crippen molar-refractivity contribution in [2.75, 3.05) is 5.32 Å². The Balaban J connectivity index is 1.79. The Morgan fingerprint density at radius 3 is 2.80 bits per heavy atom. The minimum Gasteiger partial charge on any atom is -0.464 e. The zero-order valence-corrected chi connectivity index (χ0v) is 13.2. The molecule has 5 nitrogen and oxygen atoms in total. The van der Waals surface area contributed by atoms with Gasteiger partial charge in [-0.05, 0) is 48.0 Å². The largest absolute Gasteiger partial charge is 0.464 e. The van der Waals surface area contributed by atoms with Crippen molar-refractivity contribution in [3.8, 4) is 17.4 Å². The van der Waals surface area contributed by atoms with E-state index in [4.69, 9.17) is 9.68 Å². The number of anilines is 1. The van der Waals surface area contributed by atoms with Gasteiger partial charge in [0.15, 0.2) is 0 Å². The average molecular weight is 327 g/mol. The number of rotatable bonds is 2. The molecule has 0 aliphatic carbocycles. The van der Waals surface area contributed by atoms with E-state index in [1.165, 1.54) is 0 Å². The van der Waals surface area contributed by atoms with Crippen LogP contribution in [0.25, 0.3) is 11.3 Å². The van der Waals surface area contributed by atoms with E-state index in [1.54, 1.807) is 24.5 Å². The molecule has 0 radical (unpaired) electrons. The van der Waals surface area contributed by atoms with Crippen LogP contribution < -0.4 is 5.32 Å². The van der Waals surface area contributed by atoms with Gasteiger partial charge in [0, 0.05) is 5.56 Å². The number of carbonyl (C=O) groups is 1. The summed E-state index contributed by atoms with van der Waals surface area (Å²) in [5.74, 6) is 0.587. The lowest BCUT2D eigenvalue weighted by molar-refractivity contribution is -0.115. The Morgan fingerprint density at radius 1 is 1.08 bits per heavy atom. The Morgan fingerprint density at radius 2 is 2.00 bits per heavy atom. The number of furan rings is 1. The van der Waals surface area contributed by atoms with E-state index in [1.807, 2.05) is 36.4 Å². The predicted molar refractivity (Wildman–Crippen MR) is 94.7 cm³/mol. The van der Waals surface area contributed by atoms with E-state index in [0.29, 0.717) is 22.6 Å². The van der Waals surface area contributed by atoms with Crippen molar-refractivity contribution in [1.29, 1.82) is 5.26 Å². The third-order valence-electron chi connectivity index (χ3n) is 3.98. The fourth-order valence-electron chi connectivity index (χ4n) is 2.80. The number of fused-ring (bicyclic) bond motifs is 1. The van der Waals surface area contributed by atoms with E-state index < -0.39 is 0 Å². The van der Waals surface area contributed by atoms with E-state index in [-0.39, 0.29) is 12.3 Å². The van der Waals surface area contributed by atoms with Crippen LogP contribution in [0.2, 0.25) is 0 Å². The van der Waals surface area contributed by atoms with Crippen LogP contribution in [0, 0.1) is 11.3 Å². The van der Waals surface area contributed by atoms with Crippen LogP contribution in [-0.4, -0.2) is 11.6 Å². The summed E-state index contributed by atoms with van der Waals surface area (Å²) >= 11 is 0. The van der Waals surface area contributed by atoms with Gasteiger partial charge in [0.1, 0.15) is 5.76 Å². The fourth-order valence-corrected chi connectivity index (χ4v) is 2.80. The molecule has 0 atom stereocenters. The first-order chi connectivity index (χ1) is 12.2. The van der Waals surface area contributed by atoms with Crippen molar-refractivity contribution in [1.82, 2.24) is 0 Å². The molecule has 0 spiro atoms. The molecule has 5 heteroatoms. The van der Waals surface area contributed by atoms with Crippen molar-refractivity contribution >= 4 is 23.0 Å². The molecular weight excluding hydrogens is 314 g/mol. The number of carbonyl (C=O) groups excluding carboxylic acids is 1. The summed E-state index contributed by atoms with van der Waals surface area (Å²) in [6.07, 6.45) is 1.76. The fraction of sp³-hybridized carbons (Fsp3) is 0.0500. The van der Waals surface area contributed by atoms with E-state index >= 15 is 0 Å². The van der Waals surface area contributed by atoms with Gasteiger partial charge < -0.3 is 9.73 Å². The molecule has 4 rings (SSSR count).